The number of benzene rings is 2. The number of fused-ring (bicyclic) bond motifs is 1. The molecule has 0 saturated carbocycles. The molecule has 1 N–H and O–H groups in total. The molecule has 30 heavy (non-hydrogen) atoms. The van der Waals surface area contributed by atoms with Crippen LogP contribution < -0.4 is 10.2 Å². The summed E-state index contributed by atoms with van der Waals surface area (Å²) in [5.74, 6) is -1.27. The van der Waals surface area contributed by atoms with Crippen molar-refractivity contribution in [1.82, 2.24) is 4.90 Å². The molecule has 1 fully saturated rings. The SMILES string of the molecule is O=C(Nc1ccc(C2=CSC3=NCCN23)cc1)C1CC(=O)N(c2cccc(F)c2)C1. The summed E-state index contributed by atoms with van der Waals surface area (Å²) in [7, 11) is 0. The largest absolute Gasteiger partial charge is 0.326 e. The highest BCUT2D eigenvalue weighted by Gasteiger charge is 2.35. The van der Waals surface area contributed by atoms with Crippen molar-refractivity contribution in [3.8, 4) is 0 Å². The van der Waals surface area contributed by atoms with Gasteiger partial charge in [0.05, 0.1) is 18.2 Å². The quantitative estimate of drug-likeness (QED) is 0.819. The highest BCUT2D eigenvalue weighted by Crippen LogP contribution is 2.35. The van der Waals surface area contributed by atoms with Crippen LogP contribution in [0, 0.1) is 11.7 Å². The van der Waals surface area contributed by atoms with Crippen LogP contribution in [0.5, 0.6) is 0 Å². The van der Waals surface area contributed by atoms with E-state index in [-0.39, 0.29) is 24.8 Å². The molecular weight excluding hydrogens is 403 g/mol. The van der Waals surface area contributed by atoms with Gasteiger partial charge in [-0.25, -0.2) is 4.39 Å². The Kier molecular flexibility index (Phi) is 4.78. The molecular formula is C22H19FN4O2S. The molecule has 1 atom stereocenters. The second kappa shape index (κ2) is 7.60. The number of anilines is 2. The Hall–Kier alpha value is -3.13. The van der Waals surface area contributed by atoms with Crippen LogP contribution in [0.4, 0.5) is 15.8 Å². The highest BCUT2D eigenvalue weighted by molar-refractivity contribution is 8.16. The summed E-state index contributed by atoms with van der Waals surface area (Å²) in [5.41, 5.74) is 3.36. The van der Waals surface area contributed by atoms with E-state index < -0.39 is 11.7 Å². The third-order valence-corrected chi connectivity index (χ3v) is 6.33. The molecule has 6 nitrogen and oxygen atoms in total. The van der Waals surface area contributed by atoms with Gasteiger partial charge < -0.3 is 15.1 Å². The molecule has 1 saturated heterocycles. The average molecular weight is 422 g/mol. The van der Waals surface area contributed by atoms with Gasteiger partial charge in [0.2, 0.25) is 11.8 Å². The summed E-state index contributed by atoms with van der Waals surface area (Å²) >= 11 is 1.63. The lowest BCUT2D eigenvalue weighted by Crippen LogP contribution is -2.28. The summed E-state index contributed by atoms with van der Waals surface area (Å²) in [5, 5.41) is 6.03. The van der Waals surface area contributed by atoms with Crippen molar-refractivity contribution in [2.75, 3.05) is 29.9 Å². The fourth-order valence-corrected chi connectivity index (χ4v) is 4.86. The number of nitrogens with one attached hydrogen (secondary N) is 1. The zero-order valence-electron chi connectivity index (χ0n) is 16.0. The van der Waals surface area contributed by atoms with Crippen molar-refractivity contribution in [2.45, 2.75) is 6.42 Å². The monoisotopic (exact) mass is 422 g/mol. The first-order valence-corrected chi connectivity index (χ1v) is 10.6. The number of hydrogen-bond donors (Lipinski definition) is 1. The van der Waals surface area contributed by atoms with E-state index >= 15 is 0 Å². The van der Waals surface area contributed by atoms with Crippen LogP contribution in [0.3, 0.4) is 0 Å². The molecule has 8 heteroatoms. The molecule has 0 bridgehead atoms. The van der Waals surface area contributed by atoms with E-state index in [4.69, 9.17) is 0 Å². The first kappa shape index (κ1) is 18.9. The Morgan fingerprint density at radius 1 is 1.17 bits per heavy atom. The number of amides is 2. The molecule has 0 aromatic heterocycles. The van der Waals surface area contributed by atoms with Crippen molar-refractivity contribution in [1.29, 1.82) is 0 Å². The number of thioether (sulfide) groups is 1. The van der Waals surface area contributed by atoms with Gasteiger partial charge in [-0.15, -0.1) is 0 Å². The van der Waals surface area contributed by atoms with Gasteiger partial charge in [-0.1, -0.05) is 30.0 Å². The fourth-order valence-electron chi connectivity index (χ4n) is 3.89. The highest BCUT2D eigenvalue weighted by atomic mass is 32.2. The summed E-state index contributed by atoms with van der Waals surface area (Å²) in [6, 6.07) is 13.5. The van der Waals surface area contributed by atoms with Crippen LogP contribution in [-0.2, 0) is 9.59 Å². The minimum absolute atomic E-state index is 0.113. The Balaban J connectivity index is 1.24. The van der Waals surface area contributed by atoms with E-state index in [0.717, 1.165) is 29.5 Å². The summed E-state index contributed by atoms with van der Waals surface area (Å²) in [6.45, 7) is 1.96. The number of amidine groups is 1. The van der Waals surface area contributed by atoms with Crippen molar-refractivity contribution in [3.05, 3.63) is 65.3 Å². The second-order valence-electron chi connectivity index (χ2n) is 7.39. The summed E-state index contributed by atoms with van der Waals surface area (Å²) in [4.78, 5) is 33.2. The number of halogens is 1. The van der Waals surface area contributed by atoms with Crippen LogP contribution >= 0.6 is 11.8 Å². The van der Waals surface area contributed by atoms with E-state index in [1.54, 1.807) is 23.9 Å². The molecule has 1 unspecified atom stereocenters. The van der Waals surface area contributed by atoms with E-state index in [0.29, 0.717) is 11.4 Å². The Morgan fingerprint density at radius 2 is 2.00 bits per heavy atom. The van der Waals surface area contributed by atoms with E-state index in [1.807, 2.05) is 24.3 Å². The molecule has 3 heterocycles. The average Bonchev–Trinajstić information content (AvgIpc) is 3.44. The molecule has 2 aromatic rings. The molecule has 0 spiro atoms. The van der Waals surface area contributed by atoms with Crippen LogP contribution in [-0.4, -0.2) is 41.5 Å². The molecule has 5 rings (SSSR count). The molecule has 2 amide bonds. The Morgan fingerprint density at radius 3 is 2.80 bits per heavy atom. The predicted molar refractivity (Wildman–Crippen MR) is 117 cm³/mol. The van der Waals surface area contributed by atoms with Crippen LogP contribution in [0.25, 0.3) is 5.70 Å². The van der Waals surface area contributed by atoms with Gasteiger partial charge in [-0.2, -0.15) is 0 Å². The molecule has 2 aromatic carbocycles. The van der Waals surface area contributed by atoms with Crippen LogP contribution in [0.15, 0.2) is 58.9 Å². The second-order valence-corrected chi connectivity index (χ2v) is 8.23. The molecule has 3 aliphatic rings. The fraction of sp³-hybridized carbons (Fsp3) is 0.227. The third kappa shape index (κ3) is 3.47. The van der Waals surface area contributed by atoms with Crippen LogP contribution in [0.1, 0.15) is 12.0 Å². The predicted octanol–water partition coefficient (Wildman–Crippen LogP) is 3.53. The smallest absolute Gasteiger partial charge is 0.229 e. The van der Waals surface area contributed by atoms with Gasteiger partial charge in [-0.05, 0) is 35.9 Å². The standard InChI is InChI=1S/C22H19FN4O2S/c23-16-2-1-3-18(11-16)27-12-15(10-20(27)28)21(29)25-17-6-4-14(5-7-17)19-13-30-22-24-8-9-26(19)22/h1-7,11,13,15H,8-10,12H2,(H,25,29). The van der Waals surface area contributed by atoms with Crippen molar-refractivity contribution in [3.63, 3.8) is 0 Å². The number of aliphatic imine (C=N–C) groups is 1. The van der Waals surface area contributed by atoms with E-state index in [2.05, 4.69) is 20.6 Å². The maximum absolute atomic E-state index is 13.5. The zero-order valence-corrected chi connectivity index (χ0v) is 16.9. The number of hydrogen-bond acceptors (Lipinski definition) is 5. The molecule has 0 aliphatic carbocycles. The molecule has 3 aliphatic heterocycles. The lowest BCUT2D eigenvalue weighted by molar-refractivity contribution is -0.122. The van der Waals surface area contributed by atoms with E-state index in [1.165, 1.54) is 17.0 Å². The summed E-state index contributed by atoms with van der Waals surface area (Å²) < 4.78 is 13.5. The third-order valence-electron chi connectivity index (χ3n) is 5.43. The number of carbonyl (C=O) groups excluding carboxylic acids is 2. The van der Waals surface area contributed by atoms with Crippen molar-refractivity contribution in [2.24, 2.45) is 10.9 Å². The lowest BCUT2D eigenvalue weighted by Gasteiger charge is -2.17. The number of rotatable bonds is 4. The van der Waals surface area contributed by atoms with Gasteiger partial charge in [0.15, 0.2) is 5.17 Å². The van der Waals surface area contributed by atoms with Gasteiger partial charge in [0.1, 0.15) is 5.82 Å². The maximum Gasteiger partial charge on any atom is 0.229 e. The van der Waals surface area contributed by atoms with Gasteiger partial charge in [0, 0.05) is 36.3 Å². The van der Waals surface area contributed by atoms with Gasteiger partial charge in [0.25, 0.3) is 0 Å². The Bertz CT molecular complexity index is 1080. The molecule has 0 radical (unpaired) electrons. The first-order chi connectivity index (χ1) is 14.6. The van der Waals surface area contributed by atoms with Gasteiger partial charge in [-0.3, -0.25) is 14.6 Å². The zero-order chi connectivity index (χ0) is 20.7. The van der Waals surface area contributed by atoms with Crippen molar-refractivity contribution < 1.29 is 14.0 Å². The number of carbonyl (C=O) groups is 2. The van der Waals surface area contributed by atoms with Gasteiger partial charge >= 0.3 is 0 Å². The first-order valence-electron chi connectivity index (χ1n) is 9.74. The number of nitrogens with zero attached hydrogens (tertiary/aromatic N) is 3. The van der Waals surface area contributed by atoms with E-state index in [9.17, 15) is 14.0 Å². The Labute approximate surface area is 177 Å². The van der Waals surface area contributed by atoms with Crippen molar-refractivity contribution >= 4 is 45.8 Å². The minimum atomic E-state index is -0.474. The summed E-state index contributed by atoms with van der Waals surface area (Å²) in [6.07, 6.45) is 0.113. The topological polar surface area (TPSA) is 65.0 Å². The van der Waals surface area contributed by atoms with Crippen LogP contribution in [0.2, 0.25) is 0 Å². The lowest BCUT2D eigenvalue weighted by atomic mass is 10.1. The molecule has 152 valence electrons. The maximum atomic E-state index is 13.5. The minimum Gasteiger partial charge on any atom is -0.326 e. The normalized spacial score (nSPS) is 20.3.